The summed E-state index contributed by atoms with van der Waals surface area (Å²) < 4.78 is 5.47. The lowest BCUT2D eigenvalue weighted by Gasteiger charge is -2.23. The molecule has 0 aromatic heterocycles. The second-order valence-corrected chi connectivity index (χ2v) is 8.78. The Morgan fingerprint density at radius 1 is 0.900 bits per heavy atom. The molecule has 0 N–H and O–H groups in total. The molecule has 0 radical (unpaired) electrons. The highest BCUT2D eigenvalue weighted by atomic mass is 16.5. The van der Waals surface area contributed by atoms with Crippen molar-refractivity contribution in [3.8, 4) is 0 Å². The van der Waals surface area contributed by atoms with Gasteiger partial charge in [0.2, 0.25) is 0 Å². The van der Waals surface area contributed by atoms with Crippen LogP contribution in [0.25, 0.3) is 0 Å². The molecule has 1 aliphatic rings. The molecule has 30 heavy (non-hydrogen) atoms. The maximum absolute atomic E-state index is 12.3. The first-order valence-electron chi connectivity index (χ1n) is 12.1. The van der Waals surface area contributed by atoms with Crippen molar-refractivity contribution in [2.45, 2.75) is 89.4 Å². The fourth-order valence-electron chi connectivity index (χ4n) is 4.70. The van der Waals surface area contributed by atoms with Crippen molar-refractivity contribution in [1.29, 1.82) is 0 Å². The van der Waals surface area contributed by atoms with Crippen molar-refractivity contribution in [2.24, 2.45) is 0 Å². The van der Waals surface area contributed by atoms with Gasteiger partial charge in [0.05, 0.1) is 6.61 Å². The van der Waals surface area contributed by atoms with Crippen LogP contribution < -0.4 is 0 Å². The zero-order chi connectivity index (χ0) is 21.0. The lowest BCUT2D eigenvalue weighted by molar-refractivity contribution is -0.143. The number of unbranched alkanes of at least 4 members (excludes halogenated alkanes) is 3. The third-order valence-electron chi connectivity index (χ3n) is 6.52. The Hall–Kier alpha value is -2.09. The number of carbonyl (C=O) groups is 1. The number of hydrogen-bond acceptors (Lipinski definition) is 2. The highest BCUT2D eigenvalue weighted by Gasteiger charge is 2.19. The second-order valence-electron chi connectivity index (χ2n) is 8.78. The molecule has 0 heterocycles. The summed E-state index contributed by atoms with van der Waals surface area (Å²) in [6.07, 6.45) is 12.6. The quantitative estimate of drug-likeness (QED) is 0.281. The molecule has 1 aliphatic carbocycles. The molecule has 0 saturated heterocycles. The van der Waals surface area contributed by atoms with Crippen LogP contribution in [0.5, 0.6) is 0 Å². The number of rotatable bonds is 11. The molecule has 162 valence electrons. The van der Waals surface area contributed by atoms with Crippen molar-refractivity contribution in [3.05, 3.63) is 71.3 Å². The van der Waals surface area contributed by atoms with E-state index in [2.05, 4.69) is 61.5 Å². The van der Waals surface area contributed by atoms with E-state index in [0.717, 1.165) is 25.2 Å². The maximum Gasteiger partial charge on any atom is 0.305 e. The van der Waals surface area contributed by atoms with Gasteiger partial charge in [0, 0.05) is 12.3 Å². The minimum absolute atomic E-state index is 0.0637. The van der Waals surface area contributed by atoms with Crippen LogP contribution in [0.2, 0.25) is 0 Å². The summed E-state index contributed by atoms with van der Waals surface area (Å²) >= 11 is 0. The van der Waals surface area contributed by atoms with Crippen LogP contribution in [0, 0.1) is 0 Å². The lowest BCUT2D eigenvalue weighted by Crippen LogP contribution is -2.10. The topological polar surface area (TPSA) is 26.3 Å². The van der Waals surface area contributed by atoms with Gasteiger partial charge in [-0.05, 0) is 48.3 Å². The van der Waals surface area contributed by atoms with Crippen molar-refractivity contribution in [3.63, 3.8) is 0 Å². The minimum atomic E-state index is -0.0637. The normalized spacial score (nSPS) is 15.6. The van der Waals surface area contributed by atoms with Gasteiger partial charge in [0.1, 0.15) is 0 Å². The third kappa shape index (κ3) is 7.00. The molecule has 2 aromatic carbocycles. The maximum atomic E-state index is 12.3. The number of esters is 1. The molecule has 2 nitrogen and oxygen atoms in total. The van der Waals surface area contributed by atoms with Gasteiger partial charge in [-0.1, -0.05) is 100 Å². The van der Waals surface area contributed by atoms with Gasteiger partial charge in [-0.3, -0.25) is 4.79 Å². The fraction of sp³-hybridized carbons (Fsp3) is 0.536. The minimum Gasteiger partial charge on any atom is -0.466 e. The van der Waals surface area contributed by atoms with Gasteiger partial charge in [-0.2, -0.15) is 0 Å². The van der Waals surface area contributed by atoms with E-state index in [9.17, 15) is 4.79 Å². The van der Waals surface area contributed by atoms with Crippen LogP contribution >= 0.6 is 0 Å². The summed E-state index contributed by atoms with van der Waals surface area (Å²) in [4.78, 5) is 12.3. The fourth-order valence-corrected chi connectivity index (χ4v) is 4.70. The third-order valence-corrected chi connectivity index (χ3v) is 6.52. The Kier molecular flexibility index (Phi) is 9.47. The van der Waals surface area contributed by atoms with E-state index >= 15 is 0 Å². The molecule has 1 atom stereocenters. The predicted molar refractivity (Wildman–Crippen MR) is 125 cm³/mol. The Balaban J connectivity index is 1.61. The molecule has 2 aromatic rings. The van der Waals surface area contributed by atoms with Crippen molar-refractivity contribution in [1.82, 2.24) is 0 Å². The van der Waals surface area contributed by atoms with Crippen LogP contribution in [0.3, 0.4) is 0 Å². The Labute approximate surface area is 183 Å². The molecule has 0 spiro atoms. The summed E-state index contributed by atoms with van der Waals surface area (Å²) in [5, 5.41) is 0. The first-order valence-corrected chi connectivity index (χ1v) is 12.1. The van der Waals surface area contributed by atoms with Crippen molar-refractivity contribution in [2.75, 3.05) is 6.61 Å². The average Bonchev–Trinajstić information content (AvgIpc) is 2.81. The first kappa shape index (κ1) is 22.6. The number of benzene rings is 2. The predicted octanol–water partition coefficient (Wildman–Crippen LogP) is 7.77. The van der Waals surface area contributed by atoms with E-state index in [1.54, 1.807) is 0 Å². The van der Waals surface area contributed by atoms with Gasteiger partial charge >= 0.3 is 5.97 Å². The van der Waals surface area contributed by atoms with Crippen LogP contribution in [0.15, 0.2) is 54.6 Å². The number of hydrogen-bond donors (Lipinski definition) is 0. The zero-order valence-corrected chi connectivity index (χ0v) is 18.7. The molecule has 1 unspecified atom stereocenters. The molecular formula is C28H38O2. The summed E-state index contributed by atoms with van der Waals surface area (Å²) in [5.41, 5.74) is 4.06. The average molecular weight is 407 g/mol. The number of ether oxygens (including phenoxy) is 1. The molecule has 0 aliphatic heterocycles. The molecule has 1 fully saturated rings. The van der Waals surface area contributed by atoms with Gasteiger partial charge in [-0.15, -0.1) is 0 Å². The van der Waals surface area contributed by atoms with E-state index in [1.807, 2.05) is 0 Å². The van der Waals surface area contributed by atoms with E-state index in [4.69, 9.17) is 4.74 Å². The SMILES string of the molecule is CCCCCCOC(=O)CCC(c1ccccc1)c1ccc(C2CCCCC2)cc1. The summed E-state index contributed by atoms with van der Waals surface area (Å²) in [7, 11) is 0. The van der Waals surface area contributed by atoms with Gasteiger partial charge in [0.15, 0.2) is 0 Å². The lowest BCUT2D eigenvalue weighted by atomic mass is 9.82. The van der Waals surface area contributed by atoms with Crippen LogP contribution in [-0.2, 0) is 9.53 Å². The zero-order valence-electron chi connectivity index (χ0n) is 18.7. The van der Waals surface area contributed by atoms with Crippen LogP contribution in [0.1, 0.15) is 106 Å². The first-order chi connectivity index (χ1) is 14.8. The Morgan fingerprint density at radius 3 is 2.30 bits per heavy atom. The Bertz CT molecular complexity index is 729. The summed E-state index contributed by atoms with van der Waals surface area (Å²) in [6.45, 7) is 2.75. The van der Waals surface area contributed by atoms with E-state index in [0.29, 0.717) is 13.0 Å². The van der Waals surface area contributed by atoms with Crippen LogP contribution in [-0.4, -0.2) is 12.6 Å². The largest absolute Gasteiger partial charge is 0.466 e. The van der Waals surface area contributed by atoms with Gasteiger partial charge in [-0.25, -0.2) is 0 Å². The monoisotopic (exact) mass is 406 g/mol. The van der Waals surface area contributed by atoms with E-state index in [1.165, 1.54) is 61.6 Å². The van der Waals surface area contributed by atoms with Gasteiger partial charge in [0.25, 0.3) is 0 Å². The smallest absolute Gasteiger partial charge is 0.305 e. The van der Waals surface area contributed by atoms with E-state index < -0.39 is 0 Å². The molecule has 3 rings (SSSR count). The van der Waals surface area contributed by atoms with Crippen LogP contribution in [0.4, 0.5) is 0 Å². The number of carbonyl (C=O) groups excluding carboxylic acids is 1. The molecular weight excluding hydrogens is 368 g/mol. The molecule has 1 saturated carbocycles. The van der Waals surface area contributed by atoms with Gasteiger partial charge < -0.3 is 4.74 Å². The molecule has 2 heteroatoms. The highest BCUT2D eigenvalue weighted by Crippen LogP contribution is 2.35. The molecule has 0 amide bonds. The van der Waals surface area contributed by atoms with E-state index in [-0.39, 0.29) is 11.9 Å². The second kappa shape index (κ2) is 12.6. The standard InChI is InChI=1S/C28H38O2/c1-2-3-4-11-22-30-28(29)21-20-27(25-14-9-6-10-15-25)26-18-16-24(17-19-26)23-12-7-5-8-13-23/h6,9-10,14-19,23,27H,2-5,7-8,11-13,20-22H2,1H3. The highest BCUT2D eigenvalue weighted by molar-refractivity contribution is 5.69. The van der Waals surface area contributed by atoms with Crippen molar-refractivity contribution < 1.29 is 9.53 Å². The van der Waals surface area contributed by atoms with Crippen molar-refractivity contribution >= 4 is 5.97 Å². The summed E-state index contributed by atoms with van der Waals surface area (Å²) in [6, 6.07) is 19.8. The summed E-state index contributed by atoms with van der Waals surface area (Å²) in [5.74, 6) is 0.899. The Morgan fingerprint density at radius 2 is 1.60 bits per heavy atom. The molecule has 0 bridgehead atoms.